The van der Waals surface area contributed by atoms with Crippen LogP contribution in [0, 0.1) is 0 Å². The molecule has 1 heterocycles. The van der Waals surface area contributed by atoms with Crippen LogP contribution in [0.1, 0.15) is 37.8 Å². The molecule has 0 amide bonds. The second kappa shape index (κ2) is 3.59. The maximum absolute atomic E-state index is 2.71. The molecule has 1 nitrogen and oxygen atoms in total. The Kier molecular flexibility index (Phi) is 2.32. The summed E-state index contributed by atoms with van der Waals surface area (Å²) in [6.45, 7) is 7.28. The maximum Gasteiger partial charge on any atom is 0.0145 e. The molecule has 2 bridgehead atoms. The van der Waals surface area contributed by atoms with E-state index in [1.165, 1.54) is 32.4 Å². The van der Waals surface area contributed by atoms with Gasteiger partial charge in [-0.1, -0.05) is 38.1 Å². The van der Waals surface area contributed by atoms with Crippen LogP contribution in [0.4, 0.5) is 0 Å². The van der Waals surface area contributed by atoms with Gasteiger partial charge in [-0.05, 0) is 36.9 Å². The van der Waals surface area contributed by atoms with Crippen molar-refractivity contribution in [3.8, 4) is 0 Å². The Morgan fingerprint density at radius 1 is 1.38 bits per heavy atom. The van der Waals surface area contributed by atoms with E-state index in [9.17, 15) is 0 Å². The van der Waals surface area contributed by atoms with Gasteiger partial charge < -0.3 is 0 Å². The molecule has 0 N–H and O–H groups in total. The van der Waals surface area contributed by atoms with Crippen LogP contribution in [0.2, 0.25) is 0 Å². The highest BCUT2D eigenvalue weighted by Gasteiger charge is 2.45. The van der Waals surface area contributed by atoms with Gasteiger partial charge in [-0.25, -0.2) is 0 Å². The van der Waals surface area contributed by atoms with Crippen molar-refractivity contribution in [2.75, 3.05) is 13.1 Å². The first-order valence-corrected chi connectivity index (χ1v) is 6.55. The lowest BCUT2D eigenvalue weighted by atomic mass is 9.73. The fraction of sp³-hybridized carbons (Fsp3) is 0.600. The van der Waals surface area contributed by atoms with Crippen LogP contribution >= 0.6 is 0 Å². The number of hydrogen-bond donors (Lipinski definition) is 0. The summed E-state index contributed by atoms with van der Waals surface area (Å²) in [5, 5.41) is 0. The normalized spacial score (nSPS) is 32.8. The van der Waals surface area contributed by atoms with Crippen LogP contribution in [-0.4, -0.2) is 24.0 Å². The van der Waals surface area contributed by atoms with Crippen molar-refractivity contribution in [1.82, 2.24) is 4.90 Å². The smallest absolute Gasteiger partial charge is 0.0145 e. The summed E-state index contributed by atoms with van der Waals surface area (Å²) < 4.78 is 0. The Balaban J connectivity index is 1.98. The van der Waals surface area contributed by atoms with Gasteiger partial charge in [0.25, 0.3) is 0 Å². The molecule has 1 heteroatoms. The Bertz CT molecular complexity index is 398. The third kappa shape index (κ3) is 1.41. The van der Waals surface area contributed by atoms with E-state index in [1.807, 2.05) is 0 Å². The van der Waals surface area contributed by atoms with Crippen molar-refractivity contribution in [2.24, 2.45) is 0 Å². The highest BCUT2D eigenvalue weighted by atomic mass is 15.2. The van der Waals surface area contributed by atoms with Crippen LogP contribution in [0.5, 0.6) is 0 Å². The maximum atomic E-state index is 2.71. The van der Waals surface area contributed by atoms with Crippen LogP contribution in [0.15, 0.2) is 24.3 Å². The van der Waals surface area contributed by atoms with E-state index in [1.54, 1.807) is 11.1 Å². The van der Waals surface area contributed by atoms with Gasteiger partial charge in [0, 0.05) is 18.0 Å². The summed E-state index contributed by atoms with van der Waals surface area (Å²) in [7, 11) is 0. The minimum absolute atomic E-state index is 0.425. The first-order chi connectivity index (χ1) is 7.73. The molecule has 0 spiro atoms. The number of benzene rings is 1. The predicted molar refractivity (Wildman–Crippen MR) is 67.8 cm³/mol. The number of nitrogens with zero attached hydrogens (tertiary/aromatic N) is 1. The highest BCUT2D eigenvalue weighted by molar-refractivity contribution is 5.39. The Hall–Kier alpha value is -0.820. The lowest BCUT2D eigenvalue weighted by molar-refractivity contribution is 0.252. The van der Waals surface area contributed by atoms with Crippen LogP contribution in [-0.2, 0) is 11.8 Å². The molecule has 16 heavy (non-hydrogen) atoms. The van der Waals surface area contributed by atoms with Crippen LogP contribution < -0.4 is 0 Å². The molecule has 1 fully saturated rings. The summed E-state index contributed by atoms with van der Waals surface area (Å²) in [5.41, 5.74) is 3.64. The standard InChI is InChI=1S/C15H21N/c1-3-8-16-11-15(2)10-13(16)9-12-6-4-5-7-14(12)15/h4-7,13H,3,8-11H2,1-2H3/t13-,15+/m0/s1. The largest absolute Gasteiger partial charge is 0.299 e. The molecule has 0 unspecified atom stereocenters. The van der Waals surface area contributed by atoms with E-state index in [-0.39, 0.29) is 0 Å². The van der Waals surface area contributed by atoms with Gasteiger partial charge in [-0.15, -0.1) is 0 Å². The molecule has 1 saturated heterocycles. The van der Waals surface area contributed by atoms with Gasteiger partial charge in [0.15, 0.2) is 0 Å². The highest BCUT2D eigenvalue weighted by Crippen LogP contribution is 2.44. The molecule has 1 aromatic carbocycles. The van der Waals surface area contributed by atoms with Crippen molar-refractivity contribution < 1.29 is 0 Å². The van der Waals surface area contributed by atoms with Gasteiger partial charge in [0.2, 0.25) is 0 Å². The average Bonchev–Trinajstić information content (AvgIpc) is 2.53. The van der Waals surface area contributed by atoms with Crippen molar-refractivity contribution in [3.63, 3.8) is 0 Å². The van der Waals surface area contributed by atoms with E-state index in [2.05, 4.69) is 43.0 Å². The SMILES string of the molecule is CCCN1C[C@@]2(C)C[C@@H]1Cc1ccccc12. The third-order valence-corrected chi connectivity index (χ3v) is 4.39. The Morgan fingerprint density at radius 2 is 2.19 bits per heavy atom. The van der Waals surface area contributed by atoms with E-state index in [0.717, 1.165) is 6.04 Å². The molecule has 0 radical (unpaired) electrons. The molecule has 3 rings (SSSR count). The monoisotopic (exact) mass is 215 g/mol. The minimum Gasteiger partial charge on any atom is -0.299 e. The Labute approximate surface area is 98.5 Å². The molecular formula is C15H21N. The van der Waals surface area contributed by atoms with Crippen molar-refractivity contribution >= 4 is 0 Å². The zero-order valence-corrected chi connectivity index (χ0v) is 10.4. The summed E-state index contributed by atoms with van der Waals surface area (Å²) in [5.74, 6) is 0. The number of likely N-dealkylation sites (tertiary alicyclic amines) is 1. The molecule has 1 aliphatic carbocycles. The van der Waals surface area contributed by atoms with E-state index >= 15 is 0 Å². The first kappa shape index (κ1) is 10.3. The summed E-state index contributed by atoms with van der Waals surface area (Å²) in [4.78, 5) is 2.71. The van der Waals surface area contributed by atoms with E-state index < -0.39 is 0 Å². The van der Waals surface area contributed by atoms with Gasteiger partial charge in [-0.3, -0.25) is 4.90 Å². The second-order valence-electron chi connectivity index (χ2n) is 5.75. The van der Waals surface area contributed by atoms with Crippen molar-refractivity contribution in [3.05, 3.63) is 35.4 Å². The van der Waals surface area contributed by atoms with Gasteiger partial charge >= 0.3 is 0 Å². The summed E-state index contributed by atoms with van der Waals surface area (Å²) in [6.07, 6.45) is 3.92. The topological polar surface area (TPSA) is 3.24 Å². The third-order valence-electron chi connectivity index (χ3n) is 4.39. The van der Waals surface area contributed by atoms with E-state index in [0.29, 0.717) is 5.41 Å². The van der Waals surface area contributed by atoms with Gasteiger partial charge in [0.1, 0.15) is 0 Å². The molecule has 1 aromatic rings. The molecule has 86 valence electrons. The number of rotatable bonds is 2. The Morgan fingerprint density at radius 3 is 3.00 bits per heavy atom. The summed E-state index contributed by atoms with van der Waals surface area (Å²) in [6, 6.07) is 9.88. The quantitative estimate of drug-likeness (QED) is 0.733. The second-order valence-corrected chi connectivity index (χ2v) is 5.75. The minimum atomic E-state index is 0.425. The molecular weight excluding hydrogens is 194 g/mol. The fourth-order valence-corrected chi connectivity index (χ4v) is 3.78. The predicted octanol–water partition coefficient (Wildman–Crippen LogP) is 2.98. The van der Waals surface area contributed by atoms with Crippen LogP contribution in [0.3, 0.4) is 0 Å². The van der Waals surface area contributed by atoms with Crippen molar-refractivity contribution in [2.45, 2.75) is 44.6 Å². The van der Waals surface area contributed by atoms with Gasteiger partial charge in [-0.2, -0.15) is 0 Å². The first-order valence-electron chi connectivity index (χ1n) is 6.55. The molecule has 1 aliphatic heterocycles. The summed E-state index contributed by atoms with van der Waals surface area (Å²) >= 11 is 0. The van der Waals surface area contributed by atoms with E-state index in [4.69, 9.17) is 0 Å². The zero-order valence-electron chi connectivity index (χ0n) is 10.4. The molecule has 2 atom stereocenters. The number of fused-ring (bicyclic) bond motifs is 4. The number of hydrogen-bond acceptors (Lipinski definition) is 1. The van der Waals surface area contributed by atoms with Gasteiger partial charge in [0.05, 0.1) is 0 Å². The van der Waals surface area contributed by atoms with Crippen molar-refractivity contribution in [1.29, 1.82) is 0 Å². The molecule has 2 aliphatic rings. The molecule has 0 aromatic heterocycles. The lowest BCUT2D eigenvalue weighted by Gasteiger charge is -2.30. The zero-order chi connectivity index (χ0) is 11.2. The average molecular weight is 215 g/mol. The fourth-order valence-electron chi connectivity index (χ4n) is 3.78. The van der Waals surface area contributed by atoms with Crippen LogP contribution in [0.25, 0.3) is 0 Å². The molecule has 0 saturated carbocycles. The lowest BCUT2D eigenvalue weighted by Crippen LogP contribution is -2.31.